The molecule has 0 bridgehead atoms. The molecule has 1 aliphatic rings. The lowest BCUT2D eigenvalue weighted by atomic mass is 10.1. The number of aliphatic carboxylic acids is 1. The summed E-state index contributed by atoms with van der Waals surface area (Å²) in [5, 5.41) is 20.2. The van der Waals surface area contributed by atoms with Gasteiger partial charge in [0, 0.05) is 19.2 Å². The van der Waals surface area contributed by atoms with Crippen LogP contribution in [0, 0.1) is 10.1 Å². The number of amides is 1. The summed E-state index contributed by atoms with van der Waals surface area (Å²) in [6, 6.07) is 1.65. The number of hydrogen-bond acceptors (Lipinski definition) is 7. The number of piperazine rings is 1. The number of anilines is 1. The Kier molecular flexibility index (Phi) is 5.10. The van der Waals surface area contributed by atoms with Crippen LogP contribution in [-0.4, -0.2) is 63.3 Å². The van der Waals surface area contributed by atoms with Gasteiger partial charge in [0.1, 0.15) is 23.7 Å². The molecule has 2 rings (SSSR count). The van der Waals surface area contributed by atoms with Gasteiger partial charge in [-0.25, -0.2) is 14.6 Å². The monoisotopic (exact) mass is 352 g/mol. The molecule has 0 unspecified atom stereocenters. The molecule has 0 radical (unpaired) electrons. The summed E-state index contributed by atoms with van der Waals surface area (Å²) >= 11 is 0. The van der Waals surface area contributed by atoms with Gasteiger partial charge in [-0.15, -0.1) is 0 Å². The molecule has 10 nitrogen and oxygen atoms in total. The fourth-order valence-corrected chi connectivity index (χ4v) is 2.42. The van der Waals surface area contributed by atoms with Crippen LogP contribution >= 0.6 is 0 Å². The van der Waals surface area contributed by atoms with Crippen molar-refractivity contribution in [3.63, 3.8) is 0 Å². The second-order valence-corrected chi connectivity index (χ2v) is 6.61. The van der Waals surface area contributed by atoms with Gasteiger partial charge < -0.3 is 19.6 Å². The summed E-state index contributed by atoms with van der Waals surface area (Å²) in [5.74, 6) is -0.810. The zero-order chi connectivity index (χ0) is 18.8. The number of nitrogens with zero attached hydrogens (tertiary/aromatic N) is 4. The standard InChI is InChI=1S/C15H20N4O6/c1-15(2,3)25-14(22)17-6-7-18(11(9-17)13(20)21)12-5-4-10(8-16-12)19(23)24/h4-5,8,11H,6-7,9H2,1-3H3,(H,20,21)/t11-/m1/s1. The number of pyridine rings is 1. The number of carboxylic acid groups (broad SMARTS) is 1. The first kappa shape index (κ1) is 18.4. The van der Waals surface area contributed by atoms with E-state index in [-0.39, 0.29) is 25.3 Å². The van der Waals surface area contributed by atoms with Crippen LogP contribution in [0.25, 0.3) is 0 Å². The van der Waals surface area contributed by atoms with Gasteiger partial charge in [0.25, 0.3) is 5.69 Å². The van der Waals surface area contributed by atoms with E-state index in [0.717, 1.165) is 6.20 Å². The van der Waals surface area contributed by atoms with Crippen LogP contribution in [-0.2, 0) is 9.53 Å². The maximum atomic E-state index is 12.1. The molecule has 25 heavy (non-hydrogen) atoms. The Hall–Kier alpha value is -2.91. The highest BCUT2D eigenvalue weighted by Crippen LogP contribution is 2.22. The van der Waals surface area contributed by atoms with E-state index in [4.69, 9.17) is 4.74 Å². The fourth-order valence-electron chi connectivity index (χ4n) is 2.42. The third kappa shape index (κ3) is 4.55. The molecule has 136 valence electrons. The van der Waals surface area contributed by atoms with E-state index in [2.05, 4.69) is 4.98 Å². The number of carbonyl (C=O) groups is 2. The van der Waals surface area contributed by atoms with Gasteiger partial charge >= 0.3 is 12.1 Å². The Morgan fingerprint density at radius 1 is 1.36 bits per heavy atom. The maximum Gasteiger partial charge on any atom is 0.410 e. The topological polar surface area (TPSA) is 126 Å². The molecular weight excluding hydrogens is 332 g/mol. The van der Waals surface area contributed by atoms with Crippen LogP contribution in [0.3, 0.4) is 0 Å². The first-order valence-corrected chi connectivity index (χ1v) is 7.66. The predicted octanol–water partition coefficient (Wildman–Crippen LogP) is 1.50. The van der Waals surface area contributed by atoms with Crippen molar-refractivity contribution in [1.82, 2.24) is 9.88 Å². The summed E-state index contributed by atoms with van der Waals surface area (Å²) in [7, 11) is 0. The summed E-state index contributed by atoms with van der Waals surface area (Å²) < 4.78 is 5.27. The Balaban J connectivity index is 2.15. The number of carboxylic acids is 1. The quantitative estimate of drug-likeness (QED) is 0.640. The average Bonchev–Trinajstić information content (AvgIpc) is 2.52. The SMILES string of the molecule is CC(C)(C)OC(=O)N1CCN(c2ccc([N+](=O)[O-])cn2)[C@@H](C(=O)O)C1. The largest absolute Gasteiger partial charge is 0.480 e. The zero-order valence-corrected chi connectivity index (χ0v) is 14.2. The van der Waals surface area contributed by atoms with Gasteiger partial charge in [-0.2, -0.15) is 0 Å². The molecule has 1 aromatic rings. The highest BCUT2D eigenvalue weighted by atomic mass is 16.6. The van der Waals surface area contributed by atoms with Gasteiger partial charge in [0.15, 0.2) is 0 Å². The molecule has 1 aliphatic heterocycles. The van der Waals surface area contributed by atoms with Crippen LogP contribution in [0.5, 0.6) is 0 Å². The minimum atomic E-state index is -1.12. The molecule has 0 aliphatic carbocycles. The van der Waals surface area contributed by atoms with Gasteiger partial charge in [0.05, 0.1) is 11.5 Å². The highest BCUT2D eigenvalue weighted by Gasteiger charge is 2.36. The molecular formula is C15H20N4O6. The number of aromatic nitrogens is 1. The van der Waals surface area contributed by atoms with Crippen molar-refractivity contribution in [2.24, 2.45) is 0 Å². The number of nitro groups is 1. The highest BCUT2D eigenvalue weighted by molar-refractivity contribution is 5.80. The molecule has 1 saturated heterocycles. The molecule has 1 atom stereocenters. The van der Waals surface area contributed by atoms with Crippen molar-refractivity contribution >= 4 is 23.6 Å². The number of carbonyl (C=O) groups excluding carboxylic acids is 1. The van der Waals surface area contributed by atoms with E-state index in [1.54, 1.807) is 20.8 Å². The smallest absolute Gasteiger partial charge is 0.410 e. The Morgan fingerprint density at radius 3 is 2.52 bits per heavy atom. The molecule has 0 spiro atoms. The summed E-state index contributed by atoms with van der Waals surface area (Å²) in [5.41, 5.74) is -0.852. The molecule has 1 aromatic heterocycles. The normalized spacial score (nSPS) is 18.0. The zero-order valence-electron chi connectivity index (χ0n) is 14.2. The van der Waals surface area contributed by atoms with Crippen LogP contribution in [0.1, 0.15) is 20.8 Å². The van der Waals surface area contributed by atoms with E-state index < -0.39 is 28.6 Å². The third-order valence-electron chi connectivity index (χ3n) is 3.55. The van der Waals surface area contributed by atoms with Crippen LogP contribution in [0.15, 0.2) is 18.3 Å². The predicted molar refractivity (Wildman–Crippen MR) is 87.5 cm³/mol. The Bertz CT molecular complexity index is 670. The lowest BCUT2D eigenvalue weighted by molar-refractivity contribution is -0.385. The first-order chi connectivity index (χ1) is 11.6. The second kappa shape index (κ2) is 6.91. The Labute approximate surface area is 144 Å². The molecule has 0 saturated carbocycles. The molecule has 1 N–H and O–H groups in total. The van der Waals surface area contributed by atoms with Crippen molar-refractivity contribution in [2.75, 3.05) is 24.5 Å². The van der Waals surface area contributed by atoms with Gasteiger partial charge in [-0.1, -0.05) is 0 Å². The van der Waals surface area contributed by atoms with Crippen molar-refractivity contribution in [3.8, 4) is 0 Å². The Morgan fingerprint density at radius 2 is 2.04 bits per heavy atom. The van der Waals surface area contributed by atoms with Crippen LogP contribution in [0.2, 0.25) is 0 Å². The summed E-state index contributed by atoms with van der Waals surface area (Å²) in [6.07, 6.45) is 0.504. The van der Waals surface area contributed by atoms with E-state index in [9.17, 15) is 24.8 Å². The molecule has 10 heteroatoms. The van der Waals surface area contributed by atoms with Crippen molar-refractivity contribution in [1.29, 1.82) is 0 Å². The molecule has 2 heterocycles. The average molecular weight is 352 g/mol. The maximum absolute atomic E-state index is 12.1. The van der Waals surface area contributed by atoms with E-state index in [1.165, 1.54) is 21.9 Å². The molecule has 1 fully saturated rings. The summed E-state index contributed by atoms with van der Waals surface area (Å²) in [6.45, 7) is 5.62. The number of hydrogen-bond donors (Lipinski definition) is 1. The van der Waals surface area contributed by atoms with Crippen LogP contribution in [0.4, 0.5) is 16.3 Å². The van der Waals surface area contributed by atoms with E-state index in [1.807, 2.05) is 0 Å². The van der Waals surface area contributed by atoms with Crippen LogP contribution < -0.4 is 4.90 Å². The fraction of sp³-hybridized carbons (Fsp3) is 0.533. The lowest BCUT2D eigenvalue weighted by Gasteiger charge is -2.40. The van der Waals surface area contributed by atoms with E-state index >= 15 is 0 Å². The number of ether oxygens (including phenoxy) is 1. The van der Waals surface area contributed by atoms with Crippen molar-refractivity contribution < 1.29 is 24.4 Å². The summed E-state index contributed by atoms with van der Waals surface area (Å²) in [4.78, 5) is 40.7. The second-order valence-electron chi connectivity index (χ2n) is 6.61. The molecule has 1 amide bonds. The van der Waals surface area contributed by atoms with Crippen molar-refractivity contribution in [3.05, 3.63) is 28.4 Å². The number of rotatable bonds is 3. The minimum Gasteiger partial charge on any atom is -0.480 e. The first-order valence-electron chi connectivity index (χ1n) is 7.66. The van der Waals surface area contributed by atoms with Gasteiger partial charge in [0.2, 0.25) is 0 Å². The minimum absolute atomic E-state index is 0.0666. The van der Waals surface area contributed by atoms with Gasteiger partial charge in [-0.05, 0) is 26.8 Å². The third-order valence-corrected chi connectivity index (χ3v) is 3.55. The van der Waals surface area contributed by atoms with Gasteiger partial charge in [-0.3, -0.25) is 10.1 Å². The van der Waals surface area contributed by atoms with Crippen molar-refractivity contribution in [2.45, 2.75) is 32.4 Å². The lowest BCUT2D eigenvalue weighted by Crippen LogP contribution is -2.58. The molecule has 0 aromatic carbocycles. The van der Waals surface area contributed by atoms with E-state index in [0.29, 0.717) is 5.82 Å².